The van der Waals surface area contributed by atoms with Gasteiger partial charge in [-0.25, -0.2) is 9.59 Å². The molecule has 0 aliphatic heterocycles. The number of hydrogen-bond acceptors (Lipinski definition) is 5. The van der Waals surface area contributed by atoms with Gasteiger partial charge in [0.25, 0.3) is 0 Å². The smallest absolute Gasteiger partial charge is 0.408 e. The lowest BCUT2D eigenvalue weighted by atomic mass is 10.2. The van der Waals surface area contributed by atoms with Crippen molar-refractivity contribution < 1.29 is 23.9 Å². The summed E-state index contributed by atoms with van der Waals surface area (Å²) in [6.45, 7) is 4.97. The van der Waals surface area contributed by atoms with Crippen LogP contribution in [-0.4, -0.2) is 36.3 Å². The number of carbonyl (C=O) groups is 3. The lowest BCUT2D eigenvalue weighted by molar-refractivity contribution is -0.119. The van der Waals surface area contributed by atoms with Crippen LogP contribution in [0.2, 0.25) is 0 Å². The monoisotopic (exact) mass is 337 g/mol. The number of nitrogens with two attached hydrogens (primary N) is 1. The highest BCUT2D eigenvalue weighted by atomic mass is 16.6. The topological polar surface area (TPSA) is 120 Å². The molecule has 0 aliphatic rings. The maximum absolute atomic E-state index is 11.7. The van der Waals surface area contributed by atoms with Gasteiger partial charge in [0.05, 0.1) is 6.54 Å². The van der Waals surface area contributed by atoms with E-state index >= 15 is 0 Å². The average molecular weight is 337 g/mol. The molecule has 1 rings (SSSR count). The molecule has 4 N–H and O–H groups in total. The second-order valence-corrected chi connectivity index (χ2v) is 6.04. The zero-order valence-electron chi connectivity index (χ0n) is 14.0. The molecule has 8 nitrogen and oxygen atoms in total. The summed E-state index contributed by atoms with van der Waals surface area (Å²) in [6.07, 6.45) is -1.53. The highest BCUT2D eigenvalue weighted by Crippen LogP contribution is 2.06. The molecule has 1 aromatic rings. The summed E-state index contributed by atoms with van der Waals surface area (Å²) in [5.74, 6) is -0.803. The molecule has 8 heteroatoms. The van der Waals surface area contributed by atoms with E-state index in [1.54, 1.807) is 32.9 Å². The third-order valence-electron chi connectivity index (χ3n) is 2.70. The molecule has 132 valence electrons. The lowest BCUT2D eigenvalue weighted by Crippen LogP contribution is -2.51. The van der Waals surface area contributed by atoms with Gasteiger partial charge in [0.2, 0.25) is 5.91 Å². The van der Waals surface area contributed by atoms with Crippen molar-refractivity contribution in [3.8, 4) is 0 Å². The van der Waals surface area contributed by atoms with Crippen molar-refractivity contribution in [2.24, 2.45) is 5.73 Å². The Hall–Kier alpha value is -2.77. The molecular formula is C16H23N3O5. The lowest BCUT2D eigenvalue weighted by Gasteiger charge is -2.21. The minimum atomic E-state index is -1.11. The summed E-state index contributed by atoms with van der Waals surface area (Å²) < 4.78 is 10.0. The highest BCUT2D eigenvalue weighted by Gasteiger charge is 2.22. The van der Waals surface area contributed by atoms with Gasteiger partial charge in [0, 0.05) is 0 Å². The summed E-state index contributed by atoms with van der Waals surface area (Å²) >= 11 is 0. The summed E-state index contributed by atoms with van der Waals surface area (Å²) in [5, 5.41) is 4.67. The molecule has 0 spiro atoms. The van der Waals surface area contributed by atoms with Crippen LogP contribution in [0.15, 0.2) is 30.3 Å². The van der Waals surface area contributed by atoms with Crippen molar-refractivity contribution in [2.45, 2.75) is 39.0 Å². The van der Waals surface area contributed by atoms with E-state index in [0.29, 0.717) is 0 Å². The summed E-state index contributed by atoms with van der Waals surface area (Å²) in [5.41, 5.74) is 5.33. The molecule has 24 heavy (non-hydrogen) atoms. The van der Waals surface area contributed by atoms with Crippen LogP contribution in [0.5, 0.6) is 0 Å². The normalized spacial score (nSPS) is 12.0. The van der Waals surface area contributed by atoms with Gasteiger partial charge in [-0.1, -0.05) is 30.3 Å². The van der Waals surface area contributed by atoms with E-state index in [1.165, 1.54) is 0 Å². The van der Waals surface area contributed by atoms with E-state index < -0.39 is 29.7 Å². The van der Waals surface area contributed by atoms with Crippen molar-refractivity contribution in [1.82, 2.24) is 10.6 Å². The van der Waals surface area contributed by atoms with Crippen molar-refractivity contribution in [3.05, 3.63) is 35.9 Å². The minimum absolute atomic E-state index is 0.0532. The van der Waals surface area contributed by atoms with Crippen molar-refractivity contribution >= 4 is 18.1 Å². The van der Waals surface area contributed by atoms with E-state index in [0.717, 1.165) is 5.56 Å². The number of hydrogen-bond donors (Lipinski definition) is 3. The highest BCUT2D eigenvalue weighted by molar-refractivity contribution is 5.85. The van der Waals surface area contributed by atoms with Gasteiger partial charge in [0.15, 0.2) is 0 Å². The van der Waals surface area contributed by atoms with Crippen LogP contribution in [0, 0.1) is 0 Å². The van der Waals surface area contributed by atoms with Crippen LogP contribution in [0.3, 0.4) is 0 Å². The van der Waals surface area contributed by atoms with Crippen LogP contribution in [0.4, 0.5) is 9.59 Å². The largest absolute Gasteiger partial charge is 0.445 e. The molecule has 0 aromatic heterocycles. The molecule has 0 saturated heterocycles. The molecule has 0 unspecified atom stereocenters. The first-order valence-electron chi connectivity index (χ1n) is 7.41. The molecule has 1 atom stereocenters. The van der Waals surface area contributed by atoms with Crippen molar-refractivity contribution in [1.29, 1.82) is 0 Å². The van der Waals surface area contributed by atoms with Crippen LogP contribution < -0.4 is 16.4 Å². The number of amides is 3. The first kappa shape index (κ1) is 19.3. The SMILES string of the molecule is CC(C)(C)OC(=O)NC[C@H](NC(=O)OCc1ccccc1)C(N)=O. The molecule has 0 radical (unpaired) electrons. The number of nitrogens with one attached hydrogen (secondary N) is 2. The number of alkyl carbamates (subject to hydrolysis) is 2. The van der Waals surface area contributed by atoms with Crippen LogP contribution >= 0.6 is 0 Å². The molecule has 0 heterocycles. The Balaban J connectivity index is 2.43. The van der Waals surface area contributed by atoms with Gasteiger partial charge in [-0.15, -0.1) is 0 Å². The van der Waals surface area contributed by atoms with Gasteiger partial charge in [-0.2, -0.15) is 0 Å². The van der Waals surface area contributed by atoms with E-state index in [4.69, 9.17) is 15.2 Å². The van der Waals surface area contributed by atoms with Crippen molar-refractivity contribution in [2.75, 3.05) is 6.54 Å². The van der Waals surface area contributed by atoms with Crippen LogP contribution in [0.1, 0.15) is 26.3 Å². The second kappa shape index (κ2) is 8.76. The number of carbonyl (C=O) groups excluding carboxylic acids is 3. The fraction of sp³-hybridized carbons (Fsp3) is 0.438. The Bertz CT molecular complexity index is 569. The number of rotatable bonds is 6. The third-order valence-corrected chi connectivity index (χ3v) is 2.70. The van der Waals surface area contributed by atoms with Gasteiger partial charge in [-0.05, 0) is 26.3 Å². The standard InChI is InChI=1S/C16H23N3O5/c1-16(2,3)24-14(21)18-9-12(13(17)20)19-15(22)23-10-11-7-5-4-6-8-11/h4-8,12H,9-10H2,1-3H3,(H2,17,20)(H,18,21)(H,19,22)/t12-/m0/s1. The van der Waals surface area contributed by atoms with E-state index in [9.17, 15) is 14.4 Å². The predicted octanol–water partition coefficient (Wildman–Crippen LogP) is 1.29. The number of benzene rings is 1. The summed E-state index contributed by atoms with van der Waals surface area (Å²) in [6, 6.07) is 7.95. The van der Waals surface area contributed by atoms with E-state index in [2.05, 4.69) is 10.6 Å². The zero-order chi connectivity index (χ0) is 18.2. The van der Waals surface area contributed by atoms with Gasteiger partial charge < -0.3 is 25.8 Å². The molecule has 0 fully saturated rings. The fourth-order valence-corrected chi connectivity index (χ4v) is 1.63. The molecule has 0 aliphatic carbocycles. The Kier molecular flexibility index (Phi) is 7.03. The maximum atomic E-state index is 11.7. The number of primary amides is 1. The fourth-order valence-electron chi connectivity index (χ4n) is 1.63. The Morgan fingerprint density at radius 3 is 2.29 bits per heavy atom. The third kappa shape index (κ3) is 8.02. The quantitative estimate of drug-likeness (QED) is 0.722. The molecule has 1 aromatic carbocycles. The van der Waals surface area contributed by atoms with Crippen LogP contribution in [0.25, 0.3) is 0 Å². The Labute approximate surface area is 140 Å². The van der Waals surface area contributed by atoms with E-state index in [-0.39, 0.29) is 13.2 Å². The first-order valence-corrected chi connectivity index (χ1v) is 7.41. The molecule has 0 bridgehead atoms. The predicted molar refractivity (Wildman–Crippen MR) is 87.0 cm³/mol. The van der Waals surface area contributed by atoms with Gasteiger partial charge in [0.1, 0.15) is 18.2 Å². The van der Waals surface area contributed by atoms with Gasteiger partial charge >= 0.3 is 12.2 Å². The van der Waals surface area contributed by atoms with Crippen molar-refractivity contribution in [3.63, 3.8) is 0 Å². The summed E-state index contributed by atoms with van der Waals surface area (Å²) in [4.78, 5) is 34.6. The molecular weight excluding hydrogens is 314 g/mol. The van der Waals surface area contributed by atoms with E-state index in [1.807, 2.05) is 18.2 Å². The zero-order valence-corrected chi connectivity index (χ0v) is 14.0. The number of ether oxygens (including phenoxy) is 2. The van der Waals surface area contributed by atoms with Crippen LogP contribution in [-0.2, 0) is 20.9 Å². The molecule has 0 saturated carbocycles. The Morgan fingerprint density at radius 1 is 1.12 bits per heavy atom. The Morgan fingerprint density at radius 2 is 1.75 bits per heavy atom. The maximum Gasteiger partial charge on any atom is 0.408 e. The second-order valence-electron chi connectivity index (χ2n) is 6.04. The first-order chi connectivity index (χ1) is 11.2. The molecule has 3 amide bonds. The summed E-state index contributed by atoms with van der Waals surface area (Å²) in [7, 11) is 0. The minimum Gasteiger partial charge on any atom is -0.445 e. The average Bonchev–Trinajstić information content (AvgIpc) is 2.48. The van der Waals surface area contributed by atoms with Gasteiger partial charge in [-0.3, -0.25) is 4.79 Å².